The molecular formula is C16H16N2. The Balaban J connectivity index is 1.96. The number of nitrogens with zero attached hydrogens (tertiary/aromatic N) is 2. The molecule has 2 heteroatoms. The number of allylic oxidation sites excluding steroid dienone is 2. The van der Waals surface area contributed by atoms with Crippen molar-refractivity contribution in [3.63, 3.8) is 0 Å². The highest BCUT2D eigenvalue weighted by Crippen LogP contribution is 2.02. The Morgan fingerprint density at radius 3 is 2.61 bits per heavy atom. The Labute approximate surface area is 108 Å². The Bertz CT molecular complexity index is 528. The second-order valence-corrected chi connectivity index (χ2v) is 4.04. The van der Waals surface area contributed by atoms with E-state index in [-0.39, 0.29) is 0 Å². The zero-order valence-electron chi connectivity index (χ0n) is 10.5. The van der Waals surface area contributed by atoms with Gasteiger partial charge in [0.25, 0.3) is 0 Å². The van der Waals surface area contributed by atoms with Crippen molar-refractivity contribution >= 4 is 6.21 Å². The van der Waals surface area contributed by atoms with Gasteiger partial charge in [-0.1, -0.05) is 42.5 Å². The van der Waals surface area contributed by atoms with Crippen molar-refractivity contribution in [2.24, 2.45) is 4.99 Å². The molecule has 2 rings (SSSR count). The highest BCUT2D eigenvalue weighted by Gasteiger charge is 1.90. The van der Waals surface area contributed by atoms with Crippen LogP contribution in [0, 0.1) is 0 Å². The molecule has 0 fully saturated rings. The summed E-state index contributed by atoms with van der Waals surface area (Å²) >= 11 is 0. The summed E-state index contributed by atoms with van der Waals surface area (Å²) in [5, 5.41) is 0. The molecule has 18 heavy (non-hydrogen) atoms. The molecule has 2 aromatic rings. The van der Waals surface area contributed by atoms with E-state index in [0.717, 1.165) is 23.4 Å². The number of aliphatic imine (C=N–C) groups is 1. The molecule has 0 saturated carbocycles. The predicted molar refractivity (Wildman–Crippen MR) is 75.7 cm³/mol. The van der Waals surface area contributed by atoms with Crippen LogP contribution in [-0.2, 0) is 6.42 Å². The van der Waals surface area contributed by atoms with Gasteiger partial charge in [-0.2, -0.15) is 0 Å². The lowest BCUT2D eigenvalue weighted by molar-refractivity contribution is 1.09. The first kappa shape index (κ1) is 12.2. The Hall–Kier alpha value is -2.22. The van der Waals surface area contributed by atoms with Gasteiger partial charge in [0.15, 0.2) is 0 Å². The first-order valence-electron chi connectivity index (χ1n) is 6.00. The summed E-state index contributed by atoms with van der Waals surface area (Å²) in [6, 6.07) is 16.0. The van der Waals surface area contributed by atoms with Crippen LogP contribution in [0.2, 0.25) is 0 Å². The monoisotopic (exact) mass is 236 g/mol. The summed E-state index contributed by atoms with van der Waals surface area (Å²) in [7, 11) is 0. The quantitative estimate of drug-likeness (QED) is 0.744. The van der Waals surface area contributed by atoms with Crippen LogP contribution in [-0.4, -0.2) is 11.2 Å². The highest BCUT2D eigenvalue weighted by molar-refractivity contribution is 5.80. The van der Waals surface area contributed by atoms with Gasteiger partial charge >= 0.3 is 0 Å². The summed E-state index contributed by atoms with van der Waals surface area (Å²) in [5.74, 6) is 0. The van der Waals surface area contributed by atoms with Gasteiger partial charge in [-0.3, -0.25) is 9.98 Å². The number of hydrogen-bond donors (Lipinski definition) is 0. The Morgan fingerprint density at radius 2 is 1.89 bits per heavy atom. The third kappa shape index (κ3) is 3.98. The molecule has 0 spiro atoms. The molecule has 0 radical (unpaired) electrons. The van der Waals surface area contributed by atoms with Crippen LogP contribution in [0.25, 0.3) is 0 Å². The molecule has 1 heterocycles. The van der Waals surface area contributed by atoms with Crippen LogP contribution < -0.4 is 0 Å². The van der Waals surface area contributed by atoms with Crippen LogP contribution in [0.1, 0.15) is 18.2 Å². The molecule has 0 amide bonds. The van der Waals surface area contributed by atoms with Crippen molar-refractivity contribution in [2.75, 3.05) is 0 Å². The topological polar surface area (TPSA) is 25.2 Å². The summed E-state index contributed by atoms with van der Waals surface area (Å²) in [6.45, 7) is 2.00. The van der Waals surface area contributed by atoms with Gasteiger partial charge in [-0.05, 0) is 24.6 Å². The number of benzene rings is 1. The second-order valence-electron chi connectivity index (χ2n) is 4.04. The molecule has 0 aliphatic carbocycles. The van der Waals surface area contributed by atoms with E-state index in [0.29, 0.717) is 0 Å². The molecule has 0 aliphatic heterocycles. The molecule has 0 bridgehead atoms. The normalized spacial score (nSPS) is 11.9. The van der Waals surface area contributed by atoms with Crippen molar-refractivity contribution in [2.45, 2.75) is 13.3 Å². The zero-order valence-corrected chi connectivity index (χ0v) is 10.5. The van der Waals surface area contributed by atoms with Gasteiger partial charge < -0.3 is 0 Å². The van der Waals surface area contributed by atoms with Crippen LogP contribution in [0.5, 0.6) is 0 Å². The van der Waals surface area contributed by atoms with Crippen molar-refractivity contribution in [1.82, 2.24) is 4.98 Å². The van der Waals surface area contributed by atoms with Gasteiger partial charge in [0.05, 0.1) is 0 Å². The largest absolute Gasteiger partial charge is 0.261 e. The summed E-state index contributed by atoms with van der Waals surface area (Å²) < 4.78 is 0. The molecular weight excluding hydrogens is 220 g/mol. The van der Waals surface area contributed by atoms with Crippen molar-refractivity contribution in [3.8, 4) is 0 Å². The molecule has 0 aliphatic rings. The fraction of sp³-hybridized carbons (Fsp3) is 0.125. The van der Waals surface area contributed by atoms with E-state index >= 15 is 0 Å². The van der Waals surface area contributed by atoms with Gasteiger partial charge in [0.1, 0.15) is 0 Å². The lowest BCUT2D eigenvalue weighted by Gasteiger charge is -1.96. The molecule has 1 aromatic carbocycles. The first-order chi connectivity index (χ1) is 8.84. The van der Waals surface area contributed by atoms with E-state index in [1.165, 1.54) is 0 Å². The Kier molecular flexibility index (Phi) is 4.42. The maximum absolute atomic E-state index is 4.42. The maximum Gasteiger partial charge on any atom is 0.0442 e. The van der Waals surface area contributed by atoms with E-state index in [9.17, 15) is 0 Å². The smallest absolute Gasteiger partial charge is 0.0442 e. The van der Waals surface area contributed by atoms with Gasteiger partial charge in [0, 0.05) is 30.2 Å². The van der Waals surface area contributed by atoms with E-state index < -0.39 is 0 Å². The molecule has 0 N–H and O–H groups in total. The van der Waals surface area contributed by atoms with Crippen molar-refractivity contribution in [3.05, 3.63) is 77.8 Å². The lowest BCUT2D eigenvalue weighted by atomic mass is 10.2. The average Bonchev–Trinajstić information content (AvgIpc) is 2.45. The highest BCUT2D eigenvalue weighted by atomic mass is 14.7. The molecule has 90 valence electrons. The van der Waals surface area contributed by atoms with Crippen LogP contribution in [0.4, 0.5) is 0 Å². The third-order valence-corrected chi connectivity index (χ3v) is 2.55. The molecule has 0 unspecified atom stereocenters. The first-order valence-corrected chi connectivity index (χ1v) is 6.00. The van der Waals surface area contributed by atoms with E-state index in [1.54, 1.807) is 0 Å². The SMILES string of the molecule is C/C(=C/Cc1ccccn1)N=Cc1ccccc1. The van der Waals surface area contributed by atoms with Gasteiger partial charge in [-0.15, -0.1) is 0 Å². The van der Waals surface area contributed by atoms with E-state index in [2.05, 4.69) is 16.1 Å². The van der Waals surface area contributed by atoms with Crippen LogP contribution in [0.3, 0.4) is 0 Å². The minimum Gasteiger partial charge on any atom is -0.261 e. The van der Waals surface area contributed by atoms with Crippen LogP contribution >= 0.6 is 0 Å². The number of aromatic nitrogens is 1. The van der Waals surface area contributed by atoms with Crippen molar-refractivity contribution < 1.29 is 0 Å². The fourth-order valence-corrected chi connectivity index (χ4v) is 1.54. The fourth-order valence-electron chi connectivity index (χ4n) is 1.54. The lowest BCUT2D eigenvalue weighted by Crippen LogP contribution is -1.86. The van der Waals surface area contributed by atoms with Crippen molar-refractivity contribution in [1.29, 1.82) is 0 Å². The predicted octanol–water partition coefficient (Wildman–Crippen LogP) is 3.65. The summed E-state index contributed by atoms with van der Waals surface area (Å²) in [6.07, 6.45) is 6.59. The molecule has 0 saturated heterocycles. The van der Waals surface area contributed by atoms with Gasteiger partial charge in [0.2, 0.25) is 0 Å². The standard InChI is InChI=1S/C16H16N2/c1-14(10-11-16-9-5-6-12-17-16)18-13-15-7-3-2-4-8-15/h2-10,12-13H,11H2,1H3/b14-10-,18-13?. The number of pyridine rings is 1. The summed E-state index contributed by atoms with van der Waals surface area (Å²) in [5.41, 5.74) is 3.18. The zero-order chi connectivity index (χ0) is 12.6. The minimum absolute atomic E-state index is 0.818. The number of rotatable bonds is 4. The average molecular weight is 236 g/mol. The number of hydrogen-bond acceptors (Lipinski definition) is 2. The summed E-state index contributed by atoms with van der Waals surface area (Å²) in [4.78, 5) is 8.69. The maximum atomic E-state index is 4.42. The minimum atomic E-state index is 0.818. The molecule has 2 nitrogen and oxygen atoms in total. The van der Waals surface area contributed by atoms with Crippen LogP contribution in [0.15, 0.2) is 71.5 Å². The van der Waals surface area contributed by atoms with E-state index in [1.807, 2.05) is 67.9 Å². The third-order valence-electron chi connectivity index (χ3n) is 2.55. The molecule has 0 atom stereocenters. The second kappa shape index (κ2) is 6.50. The van der Waals surface area contributed by atoms with Gasteiger partial charge in [-0.25, -0.2) is 0 Å². The Morgan fingerprint density at radius 1 is 1.11 bits per heavy atom. The molecule has 1 aromatic heterocycles. The van der Waals surface area contributed by atoms with E-state index in [4.69, 9.17) is 0 Å².